The molecule has 1 aromatic rings. The number of amides is 1. The number of carboxylic acids is 1. The molecule has 80 valence electrons. The number of primary amides is 1. The summed E-state index contributed by atoms with van der Waals surface area (Å²) < 4.78 is 0. The van der Waals surface area contributed by atoms with Gasteiger partial charge in [0.1, 0.15) is 0 Å². The van der Waals surface area contributed by atoms with E-state index < -0.39 is 5.97 Å². The molecule has 0 radical (unpaired) electrons. The van der Waals surface area contributed by atoms with Crippen LogP contribution < -0.4 is 5.73 Å². The number of nitrogens with two attached hydrogens (primary N) is 1. The van der Waals surface area contributed by atoms with Gasteiger partial charge in [0.15, 0.2) is 0 Å². The van der Waals surface area contributed by atoms with Crippen molar-refractivity contribution in [2.45, 2.75) is 11.3 Å². The largest absolute Gasteiger partial charge is 0.478 e. The van der Waals surface area contributed by atoms with E-state index in [0.717, 1.165) is 4.90 Å². The molecule has 0 unspecified atom stereocenters. The molecule has 0 atom stereocenters. The van der Waals surface area contributed by atoms with Crippen LogP contribution >= 0.6 is 11.8 Å². The van der Waals surface area contributed by atoms with E-state index in [1.807, 2.05) is 0 Å². The third-order valence-electron chi connectivity index (χ3n) is 1.70. The minimum absolute atomic E-state index is 0.249. The Morgan fingerprint density at radius 1 is 1.40 bits per heavy atom. The van der Waals surface area contributed by atoms with Gasteiger partial charge in [-0.05, 0) is 18.2 Å². The van der Waals surface area contributed by atoms with Crippen molar-refractivity contribution in [1.29, 1.82) is 0 Å². The van der Waals surface area contributed by atoms with Crippen molar-refractivity contribution in [3.05, 3.63) is 29.8 Å². The fraction of sp³-hybridized carbons (Fsp3) is 0.200. The van der Waals surface area contributed by atoms with Crippen molar-refractivity contribution in [1.82, 2.24) is 0 Å². The Labute approximate surface area is 91.5 Å². The first-order valence-corrected chi connectivity index (χ1v) is 5.32. The van der Waals surface area contributed by atoms with E-state index in [-0.39, 0.29) is 11.5 Å². The first kappa shape index (κ1) is 11.6. The number of carbonyl (C=O) groups excluding carboxylic acids is 1. The molecule has 3 N–H and O–H groups in total. The van der Waals surface area contributed by atoms with Crippen LogP contribution in [0.4, 0.5) is 0 Å². The Morgan fingerprint density at radius 3 is 2.73 bits per heavy atom. The third kappa shape index (κ3) is 4.03. The molecule has 1 rings (SSSR count). The lowest BCUT2D eigenvalue weighted by atomic mass is 10.2. The number of rotatable bonds is 5. The van der Waals surface area contributed by atoms with Crippen LogP contribution in [0.15, 0.2) is 29.2 Å². The van der Waals surface area contributed by atoms with Crippen molar-refractivity contribution >= 4 is 23.6 Å². The van der Waals surface area contributed by atoms with Crippen molar-refractivity contribution in [3.63, 3.8) is 0 Å². The van der Waals surface area contributed by atoms with E-state index >= 15 is 0 Å². The smallest absolute Gasteiger partial charge is 0.335 e. The second kappa shape index (κ2) is 5.41. The van der Waals surface area contributed by atoms with Crippen molar-refractivity contribution in [2.75, 3.05) is 5.75 Å². The number of aromatic carboxylic acids is 1. The molecule has 0 heterocycles. The van der Waals surface area contributed by atoms with Gasteiger partial charge in [0.25, 0.3) is 0 Å². The number of carbonyl (C=O) groups is 2. The minimum atomic E-state index is -0.952. The fourth-order valence-corrected chi connectivity index (χ4v) is 1.91. The molecule has 0 spiro atoms. The number of benzene rings is 1. The molecule has 0 bridgehead atoms. The zero-order chi connectivity index (χ0) is 11.3. The predicted molar refractivity (Wildman–Crippen MR) is 57.9 cm³/mol. The molecule has 4 nitrogen and oxygen atoms in total. The van der Waals surface area contributed by atoms with Crippen LogP contribution in [-0.4, -0.2) is 22.7 Å². The van der Waals surface area contributed by atoms with Crippen LogP contribution in [0, 0.1) is 0 Å². The summed E-state index contributed by atoms with van der Waals surface area (Å²) in [6.07, 6.45) is 0.294. The van der Waals surface area contributed by atoms with Gasteiger partial charge in [-0.3, -0.25) is 4.79 Å². The van der Waals surface area contributed by atoms with Gasteiger partial charge in [-0.15, -0.1) is 11.8 Å². The average molecular weight is 225 g/mol. The van der Waals surface area contributed by atoms with Crippen LogP contribution in [0.5, 0.6) is 0 Å². The molecule has 0 saturated heterocycles. The maximum Gasteiger partial charge on any atom is 0.335 e. The van der Waals surface area contributed by atoms with Crippen LogP contribution in [0.2, 0.25) is 0 Å². The molecule has 0 aliphatic heterocycles. The molecule has 1 amide bonds. The molecule has 0 saturated carbocycles. The monoisotopic (exact) mass is 225 g/mol. The Hall–Kier alpha value is -1.49. The van der Waals surface area contributed by atoms with Crippen LogP contribution in [0.3, 0.4) is 0 Å². The number of hydrogen-bond donors (Lipinski definition) is 2. The lowest BCUT2D eigenvalue weighted by Gasteiger charge is -2.01. The zero-order valence-corrected chi connectivity index (χ0v) is 8.79. The van der Waals surface area contributed by atoms with Gasteiger partial charge in [-0.25, -0.2) is 4.79 Å². The molecule has 1 aromatic carbocycles. The van der Waals surface area contributed by atoms with Gasteiger partial charge >= 0.3 is 5.97 Å². The van der Waals surface area contributed by atoms with Gasteiger partial charge in [0.2, 0.25) is 5.91 Å². The summed E-state index contributed by atoms with van der Waals surface area (Å²) in [5, 5.41) is 8.74. The maximum atomic E-state index is 10.7. The van der Waals surface area contributed by atoms with Gasteiger partial charge in [-0.1, -0.05) is 6.07 Å². The van der Waals surface area contributed by atoms with E-state index in [1.54, 1.807) is 18.2 Å². The first-order chi connectivity index (χ1) is 7.09. The Bertz CT molecular complexity index is 379. The lowest BCUT2D eigenvalue weighted by molar-refractivity contribution is -0.117. The minimum Gasteiger partial charge on any atom is -0.478 e. The van der Waals surface area contributed by atoms with Crippen LogP contribution in [0.1, 0.15) is 16.8 Å². The highest BCUT2D eigenvalue weighted by atomic mass is 32.2. The van der Waals surface area contributed by atoms with Gasteiger partial charge in [0.05, 0.1) is 5.56 Å². The number of thioether (sulfide) groups is 1. The van der Waals surface area contributed by atoms with Crippen LogP contribution in [0.25, 0.3) is 0 Å². The molecular weight excluding hydrogens is 214 g/mol. The van der Waals surface area contributed by atoms with E-state index in [2.05, 4.69) is 0 Å². The summed E-state index contributed by atoms with van der Waals surface area (Å²) in [5.74, 6) is -0.734. The summed E-state index contributed by atoms with van der Waals surface area (Å²) in [5.41, 5.74) is 5.24. The van der Waals surface area contributed by atoms with Gasteiger partial charge < -0.3 is 10.8 Å². The SMILES string of the molecule is NC(=O)CCSc1cccc(C(=O)O)c1. The second-order valence-corrected chi connectivity index (χ2v) is 4.07. The van der Waals surface area contributed by atoms with E-state index in [0.29, 0.717) is 12.2 Å². The summed E-state index contributed by atoms with van der Waals surface area (Å²) in [4.78, 5) is 22.0. The Balaban J connectivity index is 2.58. The molecule has 0 aliphatic rings. The summed E-state index contributed by atoms with van der Waals surface area (Å²) in [6.45, 7) is 0. The standard InChI is InChI=1S/C10H11NO3S/c11-9(12)4-5-15-8-3-1-2-7(6-8)10(13)14/h1-3,6H,4-5H2,(H2,11,12)(H,13,14). The Morgan fingerprint density at radius 2 is 2.13 bits per heavy atom. The Kier molecular flexibility index (Phi) is 4.17. The van der Waals surface area contributed by atoms with E-state index in [4.69, 9.17) is 10.8 Å². The highest BCUT2D eigenvalue weighted by Crippen LogP contribution is 2.19. The maximum absolute atomic E-state index is 10.7. The average Bonchev–Trinajstić information content (AvgIpc) is 2.17. The number of hydrogen-bond acceptors (Lipinski definition) is 3. The quantitative estimate of drug-likeness (QED) is 0.741. The normalized spacial score (nSPS) is 9.87. The highest BCUT2D eigenvalue weighted by Gasteiger charge is 2.03. The van der Waals surface area contributed by atoms with E-state index in [9.17, 15) is 9.59 Å². The summed E-state index contributed by atoms with van der Waals surface area (Å²) >= 11 is 1.42. The van der Waals surface area contributed by atoms with Crippen molar-refractivity contribution < 1.29 is 14.7 Å². The van der Waals surface area contributed by atoms with E-state index in [1.165, 1.54) is 17.8 Å². The topological polar surface area (TPSA) is 80.4 Å². The molecular formula is C10H11NO3S. The highest BCUT2D eigenvalue weighted by molar-refractivity contribution is 7.99. The second-order valence-electron chi connectivity index (χ2n) is 2.90. The lowest BCUT2D eigenvalue weighted by Crippen LogP contribution is -2.10. The summed E-state index contributed by atoms with van der Waals surface area (Å²) in [6, 6.07) is 6.59. The van der Waals surface area contributed by atoms with Crippen LogP contribution in [-0.2, 0) is 4.79 Å². The molecule has 0 aromatic heterocycles. The number of carboxylic acid groups (broad SMARTS) is 1. The fourth-order valence-electron chi connectivity index (χ4n) is 0.988. The molecule has 5 heteroatoms. The van der Waals surface area contributed by atoms with Crippen molar-refractivity contribution in [2.24, 2.45) is 5.73 Å². The molecule has 15 heavy (non-hydrogen) atoms. The van der Waals surface area contributed by atoms with Gasteiger partial charge in [-0.2, -0.15) is 0 Å². The van der Waals surface area contributed by atoms with Gasteiger partial charge in [0, 0.05) is 17.1 Å². The first-order valence-electron chi connectivity index (χ1n) is 4.34. The predicted octanol–water partition coefficient (Wildman–Crippen LogP) is 1.35. The molecule has 0 aliphatic carbocycles. The third-order valence-corrected chi connectivity index (χ3v) is 2.69. The van der Waals surface area contributed by atoms with Crippen molar-refractivity contribution in [3.8, 4) is 0 Å². The summed E-state index contributed by atoms with van der Waals surface area (Å²) in [7, 11) is 0. The zero-order valence-electron chi connectivity index (χ0n) is 7.97. The molecule has 0 fully saturated rings.